The minimum atomic E-state index is -0.313. The van der Waals surface area contributed by atoms with Crippen LogP contribution in [0, 0.1) is 5.92 Å². The van der Waals surface area contributed by atoms with Gasteiger partial charge in [-0.3, -0.25) is 9.59 Å². The fraction of sp³-hybridized carbons (Fsp3) is 0.600. The SMILES string of the molecule is CCC(CC)C(=O)N(CCC(=O)OC)Cc1ccco1. The van der Waals surface area contributed by atoms with Gasteiger partial charge < -0.3 is 14.1 Å². The van der Waals surface area contributed by atoms with Crippen molar-refractivity contribution in [3.63, 3.8) is 0 Å². The lowest BCUT2D eigenvalue weighted by molar-refractivity contribution is -0.142. The third kappa shape index (κ3) is 4.72. The van der Waals surface area contributed by atoms with Gasteiger partial charge in [-0.25, -0.2) is 0 Å². The van der Waals surface area contributed by atoms with E-state index >= 15 is 0 Å². The van der Waals surface area contributed by atoms with Crippen molar-refractivity contribution in [2.75, 3.05) is 13.7 Å². The molecule has 0 bridgehead atoms. The van der Waals surface area contributed by atoms with E-state index in [9.17, 15) is 9.59 Å². The summed E-state index contributed by atoms with van der Waals surface area (Å²) in [6, 6.07) is 3.61. The number of esters is 1. The van der Waals surface area contributed by atoms with Crippen molar-refractivity contribution >= 4 is 11.9 Å². The number of hydrogen-bond donors (Lipinski definition) is 0. The number of methoxy groups -OCH3 is 1. The highest BCUT2D eigenvalue weighted by molar-refractivity contribution is 5.79. The number of ether oxygens (including phenoxy) is 1. The summed E-state index contributed by atoms with van der Waals surface area (Å²) in [4.78, 5) is 25.4. The van der Waals surface area contributed by atoms with E-state index in [4.69, 9.17) is 4.42 Å². The maximum absolute atomic E-state index is 12.5. The van der Waals surface area contributed by atoms with Crippen LogP contribution in [0.4, 0.5) is 0 Å². The molecule has 0 N–H and O–H groups in total. The largest absolute Gasteiger partial charge is 0.469 e. The van der Waals surface area contributed by atoms with Gasteiger partial charge in [-0.15, -0.1) is 0 Å². The van der Waals surface area contributed by atoms with E-state index in [0.29, 0.717) is 18.8 Å². The van der Waals surface area contributed by atoms with Crippen molar-refractivity contribution in [2.24, 2.45) is 5.92 Å². The summed E-state index contributed by atoms with van der Waals surface area (Å²) in [6.45, 7) is 4.73. The molecule has 0 aliphatic carbocycles. The van der Waals surface area contributed by atoms with Crippen LogP contribution in [-0.2, 0) is 20.9 Å². The first-order valence-electron chi connectivity index (χ1n) is 7.00. The van der Waals surface area contributed by atoms with Crippen molar-refractivity contribution in [3.8, 4) is 0 Å². The number of nitrogens with zero attached hydrogens (tertiary/aromatic N) is 1. The summed E-state index contributed by atoms with van der Waals surface area (Å²) in [7, 11) is 1.35. The van der Waals surface area contributed by atoms with Crippen LogP contribution in [0.2, 0.25) is 0 Å². The van der Waals surface area contributed by atoms with Crippen LogP contribution in [0.1, 0.15) is 38.9 Å². The van der Waals surface area contributed by atoms with Crippen LogP contribution in [0.25, 0.3) is 0 Å². The average Bonchev–Trinajstić information content (AvgIpc) is 2.97. The number of furan rings is 1. The smallest absolute Gasteiger partial charge is 0.307 e. The molecule has 0 atom stereocenters. The Hall–Kier alpha value is -1.78. The molecule has 1 aromatic heterocycles. The summed E-state index contributed by atoms with van der Waals surface area (Å²) in [5.41, 5.74) is 0. The molecule has 20 heavy (non-hydrogen) atoms. The molecule has 1 rings (SSSR count). The second kappa shape index (κ2) is 8.40. The fourth-order valence-electron chi connectivity index (χ4n) is 2.08. The average molecular weight is 281 g/mol. The van der Waals surface area contributed by atoms with Gasteiger partial charge in [-0.1, -0.05) is 13.8 Å². The first kappa shape index (κ1) is 16.3. The molecule has 0 aliphatic rings. The molecule has 0 saturated carbocycles. The zero-order chi connectivity index (χ0) is 15.0. The van der Waals surface area contributed by atoms with E-state index in [1.807, 2.05) is 19.9 Å². The number of amides is 1. The van der Waals surface area contributed by atoms with Crippen molar-refractivity contribution in [3.05, 3.63) is 24.2 Å². The van der Waals surface area contributed by atoms with Gasteiger partial charge in [0.1, 0.15) is 5.76 Å². The molecule has 5 heteroatoms. The Morgan fingerprint density at radius 2 is 2.05 bits per heavy atom. The lowest BCUT2D eigenvalue weighted by atomic mass is 10.0. The van der Waals surface area contributed by atoms with Gasteiger partial charge in [0.2, 0.25) is 5.91 Å². The van der Waals surface area contributed by atoms with Gasteiger partial charge in [0.25, 0.3) is 0 Å². The van der Waals surface area contributed by atoms with Crippen LogP contribution < -0.4 is 0 Å². The molecule has 5 nitrogen and oxygen atoms in total. The molecule has 0 saturated heterocycles. The minimum Gasteiger partial charge on any atom is -0.469 e. The summed E-state index contributed by atoms with van der Waals surface area (Å²) < 4.78 is 9.91. The highest BCUT2D eigenvalue weighted by Gasteiger charge is 2.23. The van der Waals surface area contributed by atoms with Crippen molar-refractivity contribution in [2.45, 2.75) is 39.7 Å². The molecule has 0 aromatic carbocycles. The third-order valence-corrected chi connectivity index (χ3v) is 3.39. The maximum atomic E-state index is 12.5. The Kier molecular flexibility index (Phi) is 6.84. The predicted octanol–water partition coefficient (Wildman–Crippen LogP) is 2.61. The molecule has 0 fully saturated rings. The molecule has 0 unspecified atom stereocenters. The molecule has 0 spiro atoms. The first-order chi connectivity index (χ1) is 9.62. The van der Waals surface area contributed by atoms with Gasteiger partial charge in [-0.2, -0.15) is 0 Å². The van der Waals surface area contributed by atoms with Crippen molar-refractivity contribution in [1.29, 1.82) is 0 Å². The van der Waals surface area contributed by atoms with Crippen LogP contribution >= 0.6 is 0 Å². The predicted molar refractivity (Wildman–Crippen MR) is 74.8 cm³/mol. The molecular formula is C15H23NO4. The van der Waals surface area contributed by atoms with Gasteiger partial charge >= 0.3 is 5.97 Å². The first-order valence-corrected chi connectivity index (χ1v) is 7.00. The Bertz CT molecular complexity index is 410. The van der Waals surface area contributed by atoms with E-state index in [-0.39, 0.29) is 24.2 Å². The topological polar surface area (TPSA) is 59.8 Å². The fourth-order valence-corrected chi connectivity index (χ4v) is 2.08. The van der Waals surface area contributed by atoms with E-state index in [1.54, 1.807) is 17.2 Å². The molecule has 1 amide bonds. The van der Waals surface area contributed by atoms with Crippen molar-refractivity contribution in [1.82, 2.24) is 4.90 Å². The van der Waals surface area contributed by atoms with E-state index < -0.39 is 0 Å². The normalized spacial score (nSPS) is 10.6. The number of carbonyl (C=O) groups excluding carboxylic acids is 2. The zero-order valence-corrected chi connectivity index (χ0v) is 12.4. The second-order valence-electron chi connectivity index (χ2n) is 4.68. The summed E-state index contributed by atoms with van der Waals surface area (Å²) >= 11 is 0. The van der Waals surface area contributed by atoms with Crippen molar-refractivity contribution < 1.29 is 18.7 Å². The van der Waals surface area contributed by atoms with Gasteiger partial charge in [0.15, 0.2) is 0 Å². The molecule has 0 aliphatic heterocycles. The highest BCUT2D eigenvalue weighted by Crippen LogP contribution is 2.15. The Morgan fingerprint density at radius 3 is 2.55 bits per heavy atom. The molecular weight excluding hydrogens is 258 g/mol. The minimum absolute atomic E-state index is 0.0115. The van der Waals surface area contributed by atoms with E-state index in [2.05, 4.69) is 4.74 Å². The standard InChI is InChI=1S/C15H23NO4/c1-4-12(5-2)15(18)16(9-8-14(17)19-3)11-13-7-6-10-20-13/h6-7,10,12H,4-5,8-9,11H2,1-3H3. The quantitative estimate of drug-likeness (QED) is 0.687. The van der Waals surface area contributed by atoms with Gasteiger partial charge in [0, 0.05) is 12.5 Å². The molecule has 1 aromatic rings. The Morgan fingerprint density at radius 1 is 1.35 bits per heavy atom. The van der Waals surface area contributed by atoms with Gasteiger partial charge in [0.05, 0.1) is 26.3 Å². The number of hydrogen-bond acceptors (Lipinski definition) is 4. The van der Waals surface area contributed by atoms with Gasteiger partial charge in [-0.05, 0) is 25.0 Å². The van der Waals surface area contributed by atoms with E-state index in [1.165, 1.54) is 7.11 Å². The molecule has 0 radical (unpaired) electrons. The third-order valence-electron chi connectivity index (χ3n) is 3.39. The van der Waals surface area contributed by atoms with Crippen LogP contribution in [0.5, 0.6) is 0 Å². The Labute approximate surface area is 119 Å². The Balaban J connectivity index is 2.72. The zero-order valence-electron chi connectivity index (χ0n) is 12.4. The van der Waals surface area contributed by atoms with Crippen LogP contribution in [0.15, 0.2) is 22.8 Å². The summed E-state index contributed by atoms with van der Waals surface area (Å²) in [5, 5.41) is 0. The molecule has 112 valence electrons. The lowest BCUT2D eigenvalue weighted by Crippen LogP contribution is -2.37. The number of rotatable bonds is 8. The monoisotopic (exact) mass is 281 g/mol. The van der Waals surface area contributed by atoms with E-state index in [0.717, 1.165) is 12.8 Å². The molecule has 1 heterocycles. The summed E-state index contributed by atoms with van der Waals surface area (Å²) in [6.07, 6.45) is 3.36. The highest BCUT2D eigenvalue weighted by atomic mass is 16.5. The maximum Gasteiger partial charge on any atom is 0.307 e. The number of carbonyl (C=O) groups is 2. The lowest BCUT2D eigenvalue weighted by Gasteiger charge is -2.25. The summed E-state index contributed by atoms with van der Waals surface area (Å²) in [5.74, 6) is 0.457. The van der Waals surface area contributed by atoms with Crippen LogP contribution in [0.3, 0.4) is 0 Å². The second-order valence-corrected chi connectivity index (χ2v) is 4.68. The van der Waals surface area contributed by atoms with Crippen LogP contribution in [-0.4, -0.2) is 30.4 Å².